The van der Waals surface area contributed by atoms with Crippen LogP contribution in [0.4, 0.5) is 0 Å². The van der Waals surface area contributed by atoms with Gasteiger partial charge in [-0.05, 0) is 25.5 Å². The number of carbonyl (C=O) groups is 2. The fraction of sp³-hybridized carbons (Fsp3) is 0.385. The molecule has 6 heteroatoms. The van der Waals surface area contributed by atoms with E-state index in [2.05, 4.69) is 0 Å². The van der Waals surface area contributed by atoms with E-state index in [1.807, 2.05) is 6.92 Å². The number of amides is 1. The van der Waals surface area contributed by atoms with Gasteiger partial charge in [-0.1, -0.05) is 36.2 Å². The van der Waals surface area contributed by atoms with E-state index in [9.17, 15) is 9.59 Å². The van der Waals surface area contributed by atoms with Crippen LogP contribution in [-0.4, -0.2) is 34.5 Å². The highest BCUT2D eigenvalue weighted by atomic mass is 35.5. The van der Waals surface area contributed by atoms with Gasteiger partial charge in [0.05, 0.1) is 15.6 Å². The molecule has 19 heavy (non-hydrogen) atoms. The van der Waals surface area contributed by atoms with Crippen LogP contribution in [0.25, 0.3) is 0 Å². The van der Waals surface area contributed by atoms with Gasteiger partial charge in [-0.2, -0.15) is 0 Å². The topological polar surface area (TPSA) is 57.6 Å². The van der Waals surface area contributed by atoms with E-state index in [1.54, 1.807) is 25.1 Å². The summed E-state index contributed by atoms with van der Waals surface area (Å²) in [5.41, 5.74) is 0.146. The minimum Gasteiger partial charge on any atom is -0.480 e. The summed E-state index contributed by atoms with van der Waals surface area (Å²) in [6, 6.07) is 4.52. The second kappa shape index (κ2) is 6.78. The minimum atomic E-state index is -1.07. The van der Waals surface area contributed by atoms with E-state index >= 15 is 0 Å². The summed E-state index contributed by atoms with van der Waals surface area (Å²) >= 11 is 11.9. The van der Waals surface area contributed by atoms with Crippen LogP contribution in [-0.2, 0) is 4.79 Å². The summed E-state index contributed by atoms with van der Waals surface area (Å²) in [5.74, 6) is -1.54. The third-order valence-corrected chi connectivity index (χ3v) is 3.50. The Bertz CT molecular complexity index is 471. The number of carbonyl (C=O) groups excluding carboxylic acids is 1. The zero-order valence-electron chi connectivity index (χ0n) is 10.7. The summed E-state index contributed by atoms with van der Waals surface area (Å²) < 4.78 is 0. The Hall–Kier alpha value is -1.26. The molecule has 1 rings (SSSR count). The molecule has 1 aromatic rings. The molecule has 1 unspecified atom stereocenters. The molecule has 1 atom stereocenters. The fourth-order valence-corrected chi connectivity index (χ4v) is 2.20. The molecule has 4 nitrogen and oxygen atoms in total. The summed E-state index contributed by atoms with van der Waals surface area (Å²) in [5, 5.41) is 9.34. The highest BCUT2D eigenvalue weighted by molar-refractivity contribution is 6.39. The SMILES string of the molecule is CCC(C)N(CC(=O)O)C(=O)c1c(Cl)cccc1Cl. The monoisotopic (exact) mass is 303 g/mol. The second-order valence-corrected chi connectivity index (χ2v) is 5.00. The van der Waals surface area contributed by atoms with Crippen molar-refractivity contribution in [1.82, 2.24) is 4.90 Å². The molecule has 0 bridgehead atoms. The summed E-state index contributed by atoms with van der Waals surface area (Å²) in [4.78, 5) is 24.6. The lowest BCUT2D eigenvalue weighted by Crippen LogP contribution is -2.42. The van der Waals surface area contributed by atoms with Gasteiger partial charge in [0, 0.05) is 6.04 Å². The smallest absolute Gasteiger partial charge is 0.323 e. The molecule has 0 saturated carbocycles. The van der Waals surface area contributed by atoms with Gasteiger partial charge in [0.15, 0.2) is 0 Å². The van der Waals surface area contributed by atoms with Gasteiger partial charge in [0.2, 0.25) is 0 Å². The van der Waals surface area contributed by atoms with Crippen molar-refractivity contribution >= 4 is 35.1 Å². The summed E-state index contributed by atoms with van der Waals surface area (Å²) in [6.07, 6.45) is 0.640. The first-order chi connectivity index (χ1) is 8.88. The standard InChI is InChI=1S/C13H15Cl2NO3/c1-3-8(2)16(7-11(17)18)13(19)12-9(14)5-4-6-10(12)15/h4-6,8H,3,7H2,1-2H3,(H,17,18). The number of carboxylic acid groups (broad SMARTS) is 1. The van der Waals surface area contributed by atoms with Crippen LogP contribution in [0.5, 0.6) is 0 Å². The van der Waals surface area contributed by atoms with E-state index in [0.717, 1.165) is 0 Å². The van der Waals surface area contributed by atoms with E-state index in [1.165, 1.54) is 4.90 Å². The third kappa shape index (κ3) is 3.85. The minimum absolute atomic E-state index is 0.146. The molecule has 0 aliphatic rings. The maximum absolute atomic E-state index is 12.4. The maximum Gasteiger partial charge on any atom is 0.323 e. The van der Waals surface area contributed by atoms with E-state index in [0.29, 0.717) is 6.42 Å². The van der Waals surface area contributed by atoms with E-state index < -0.39 is 11.9 Å². The average molecular weight is 304 g/mol. The number of carboxylic acids is 1. The van der Waals surface area contributed by atoms with Crippen molar-refractivity contribution < 1.29 is 14.7 Å². The van der Waals surface area contributed by atoms with E-state index in [-0.39, 0.29) is 28.2 Å². The van der Waals surface area contributed by atoms with Crippen molar-refractivity contribution in [2.45, 2.75) is 26.3 Å². The fourth-order valence-electron chi connectivity index (χ4n) is 1.64. The lowest BCUT2D eigenvalue weighted by Gasteiger charge is -2.27. The molecule has 1 N–H and O–H groups in total. The first-order valence-corrected chi connectivity index (χ1v) is 6.60. The lowest BCUT2D eigenvalue weighted by molar-refractivity contribution is -0.138. The second-order valence-electron chi connectivity index (χ2n) is 4.18. The van der Waals surface area contributed by atoms with E-state index in [4.69, 9.17) is 28.3 Å². The first-order valence-electron chi connectivity index (χ1n) is 5.85. The quantitative estimate of drug-likeness (QED) is 0.908. The van der Waals surface area contributed by atoms with Gasteiger partial charge in [0.1, 0.15) is 6.54 Å². The van der Waals surface area contributed by atoms with Crippen molar-refractivity contribution in [1.29, 1.82) is 0 Å². The van der Waals surface area contributed by atoms with Gasteiger partial charge in [-0.15, -0.1) is 0 Å². The average Bonchev–Trinajstić information content (AvgIpc) is 2.34. The van der Waals surface area contributed by atoms with Crippen LogP contribution >= 0.6 is 23.2 Å². The molecular formula is C13H15Cl2NO3. The molecule has 104 valence electrons. The molecule has 0 radical (unpaired) electrons. The maximum atomic E-state index is 12.4. The Balaban J connectivity index is 3.15. The van der Waals surface area contributed by atoms with Crippen LogP contribution < -0.4 is 0 Å². The number of benzene rings is 1. The zero-order valence-corrected chi connectivity index (χ0v) is 12.2. The number of rotatable bonds is 5. The molecule has 1 amide bonds. The van der Waals surface area contributed by atoms with Crippen LogP contribution in [0.1, 0.15) is 30.6 Å². The zero-order chi connectivity index (χ0) is 14.6. The Kier molecular flexibility index (Phi) is 5.63. The van der Waals surface area contributed by atoms with Crippen LogP contribution in [0.2, 0.25) is 10.0 Å². The van der Waals surface area contributed by atoms with Gasteiger partial charge in [-0.3, -0.25) is 9.59 Å². The Morgan fingerprint density at radius 3 is 2.26 bits per heavy atom. The highest BCUT2D eigenvalue weighted by Gasteiger charge is 2.26. The van der Waals surface area contributed by atoms with Gasteiger partial charge >= 0.3 is 5.97 Å². The van der Waals surface area contributed by atoms with Crippen molar-refractivity contribution in [2.24, 2.45) is 0 Å². The van der Waals surface area contributed by atoms with Crippen LogP contribution in [0.15, 0.2) is 18.2 Å². The lowest BCUT2D eigenvalue weighted by atomic mass is 10.1. The predicted molar refractivity (Wildman–Crippen MR) is 74.9 cm³/mol. The molecule has 1 aromatic carbocycles. The van der Waals surface area contributed by atoms with Crippen molar-refractivity contribution in [2.75, 3.05) is 6.54 Å². The van der Waals surface area contributed by atoms with Crippen LogP contribution in [0, 0.1) is 0 Å². The predicted octanol–water partition coefficient (Wildman–Crippen LogP) is 3.32. The number of hydrogen-bond acceptors (Lipinski definition) is 2. The summed E-state index contributed by atoms with van der Waals surface area (Å²) in [7, 11) is 0. The van der Waals surface area contributed by atoms with Gasteiger partial charge < -0.3 is 10.0 Å². The van der Waals surface area contributed by atoms with Gasteiger partial charge in [0.25, 0.3) is 5.91 Å². The number of hydrogen-bond donors (Lipinski definition) is 1. The molecule has 0 heterocycles. The number of aliphatic carboxylic acids is 1. The Morgan fingerprint density at radius 1 is 1.32 bits per heavy atom. The largest absolute Gasteiger partial charge is 0.480 e. The molecule has 0 fully saturated rings. The highest BCUT2D eigenvalue weighted by Crippen LogP contribution is 2.26. The van der Waals surface area contributed by atoms with Crippen LogP contribution in [0.3, 0.4) is 0 Å². The molecule has 0 aliphatic heterocycles. The third-order valence-electron chi connectivity index (χ3n) is 2.87. The van der Waals surface area contributed by atoms with Crippen molar-refractivity contribution in [3.8, 4) is 0 Å². The Morgan fingerprint density at radius 2 is 1.84 bits per heavy atom. The molecule has 0 spiro atoms. The molecule has 0 aliphatic carbocycles. The normalized spacial score (nSPS) is 12.0. The Labute approximate surface area is 121 Å². The number of nitrogens with zero attached hydrogens (tertiary/aromatic N) is 1. The first kappa shape index (κ1) is 15.8. The summed E-state index contributed by atoms with van der Waals surface area (Å²) in [6.45, 7) is 3.28. The number of halogens is 2. The van der Waals surface area contributed by atoms with Crippen molar-refractivity contribution in [3.63, 3.8) is 0 Å². The molecular weight excluding hydrogens is 289 g/mol. The molecule has 0 aromatic heterocycles. The van der Waals surface area contributed by atoms with Gasteiger partial charge in [-0.25, -0.2) is 0 Å². The van der Waals surface area contributed by atoms with Crippen molar-refractivity contribution in [3.05, 3.63) is 33.8 Å². The molecule has 0 saturated heterocycles.